The maximum atomic E-state index is 10.1. The number of phenolic OH excluding ortho intramolecular Hbond substituents is 1. The van der Waals surface area contributed by atoms with Gasteiger partial charge in [-0.05, 0) is 6.07 Å². The summed E-state index contributed by atoms with van der Waals surface area (Å²) in [5.41, 5.74) is -0.262. The zero-order chi connectivity index (χ0) is 7.56. The molecule has 1 rings (SSSR count). The summed E-state index contributed by atoms with van der Waals surface area (Å²) >= 11 is 0. The maximum absolute atomic E-state index is 10.1. The van der Waals surface area contributed by atoms with Gasteiger partial charge in [0.2, 0.25) is 0 Å². The van der Waals surface area contributed by atoms with E-state index in [1.807, 2.05) is 0 Å². The Labute approximate surface area is 83.2 Å². The number of para-hydroxylation sites is 2. The molecule has 1 N–H and O–H groups in total. The first-order valence-electron chi connectivity index (χ1n) is 2.64. The van der Waals surface area contributed by atoms with E-state index in [9.17, 15) is 10.1 Å². The van der Waals surface area contributed by atoms with Gasteiger partial charge in [0.25, 0.3) is 0 Å². The summed E-state index contributed by atoms with van der Waals surface area (Å²) in [7, 11) is 0. The summed E-state index contributed by atoms with van der Waals surface area (Å²) in [6, 6.07) is 5.55. The van der Waals surface area contributed by atoms with Crippen LogP contribution in [0.1, 0.15) is 0 Å². The molecule has 52 valence electrons. The van der Waals surface area contributed by atoms with Gasteiger partial charge >= 0.3 is 33.0 Å². The van der Waals surface area contributed by atoms with Crippen LogP contribution < -0.4 is 0 Å². The predicted octanol–water partition coefficient (Wildman–Crippen LogP) is 0.920. The van der Waals surface area contributed by atoms with Gasteiger partial charge in [0.15, 0.2) is 5.75 Å². The molecule has 0 saturated heterocycles. The molecule has 0 aliphatic carbocycles. The zero-order valence-corrected chi connectivity index (χ0v) is 9.41. The van der Waals surface area contributed by atoms with Crippen LogP contribution in [0.3, 0.4) is 0 Å². The molecule has 0 atom stereocenters. The molecule has 0 amide bonds. The van der Waals surface area contributed by atoms with Crippen LogP contribution in [0.15, 0.2) is 24.3 Å². The molecule has 1 aromatic rings. The molecule has 11 heavy (non-hydrogen) atoms. The molecule has 0 radical (unpaired) electrons. The number of nitro benzene ring substituents is 1. The predicted molar refractivity (Wildman–Crippen MR) is 40.5 cm³/mol. The molecule has 4 nitrogen and oxygen atoms in total. The van der Waals surface area contributed by atoms with Crippen LogP contribution in [0, 0.1) is 10.1 Å². The SMILES string of the molecule is O=[N+]([O-])c1ccccc1O.[Pb+4]. The molecule has 1 aromatic carbocycles. The number of nitrogens with zero attached hydrogens (tertiary/aromatic N) is 1. The Morgan fingerprint density at radius 1 is 1.36 bits per heavy atom. The molecule has 0 aliphatic rings. The first-order chi connectivity index (χ1) is 4.72. The Morgan fingerprint density at radius 2 is 1.91 bits per heavy atom. The smallest absolute Gasteiger partial charge is 0.502 e. The van der Waals surface area contributed by atoms with Gasteiger partial charge in [-0.25, -0.2) is 0 Å². The van der Waals surface area contributed by atoms with Crippen molar-refractivity contribution in [3.05, 3.63) is 34.4 Å². The fraction of sp³-hybridized carbons (Fsp3) is 0. The van der Waals surface area contributed by atoms with Crippen LogP contribution in [-0.2, 0) is 0 Å². The number of rotatable bonds is 1. The minimum atomic E-state index is -0.630. The van der Waals surface area contributed by atoms with E-state index >= 15 is 0 Å². The molecule has 0 heterocycles. The van der Waals surface area contributed by atoms with Crippen molar-refractivity contribution in [2.45, 2.75) is 0 Å². The van der Waals surface area contributed by atoms with Crippen molar-refractivity contribution in [2.24, 2.45) is 0 Å². The van der Waals surface area contributed by atoms with E-state index in [1.165, 1.54) is 24.3 Å². The zero-order valence-electron chi connectivity index (χ0n) is 5.52. The minimum absolute atomic E-state index is 0. The van der Waals surface area contributed by atoms with Crippen LogP contribution in [0.5, 0.6) is 5.75 Å². The normalized spacial score (nSPS) is 8.36. The van der Waals surface area contributed by atoms with E-state index in [1.54, 1.807) is 0 Å². The topological polar surface area (TPSA) is 63.4 Å². The fourth-order valence-corrected chi connectivity index (χ4v) is 0.619. The Bertz CT molecular complexity index is 264. The van der Waals surface area contributed by atoms with Crippen molar-refractivity contribution in [1.29, 1.82) is 0 Å². The van der Waals surface area contributed by atoms with E-state index in [0.717, 1.165) is 0 Å². The quantitative estimate of drug-likeness (QED) is 0.467. The Hall–Kier alpha value is -0.658. The second-order valence-electron chi connectivity index (χ2n) is 1.75. The third-order valence-electron chi connectivity index (χ3n) is 1.08. The third-order valence-corrected chi connectivity index (χ3v) is 1.08. The Balaban J connectivity index is 0.000001000. The molecule has 0 aromatic heterocycles. The van der Waals surface area contributed by atoms with Crippen LogP contribution >= 0.6 is 0 Å². The molecule has 0 fully saturated rings. The third kappa shape index (κ3) is 2.45. The number of aromatic hydroxyl groups is 1. The standard InChI is InChI=1S/C6H5NO3.Pb/c8-6-4-2-1-3-5(6)7(9)10;/h1-4,8H;/q;+4. The molecule has 0 unspecified atom stereocenters. The number of nitro groups is 1. The summed E-state index contributed by atoms with van der Waals surface area (Å²) in [5.74, 6) is -0.299. The van der Waals surface area contributed by atoms with Crippen molar-refractivity contribution in [3.63, 3.8) is 0 Å². The summed E-state index contributed by atoms with van der Waals surface area (Å²) < 4.78 is 0. The van der Waals surface area contributed by atoms with E-state index in [2.05, 4.69) is 0 Å². The van der Waals surface area contributed by atoms with Crippen LogP contribution in [0.4, 0.5) is 5.69 Å². The van der Waals surface area contributed by atoms with Gasteiger partial charge < -0.3 is 5.11 Å². The molecular formula is C6H5NO3Pb+4. The van der Waals surface area contributed by atoms with Crippen LogP contribution in [-0.4, -0.2) is 37.3 Å². The fourth-order valence-electron chi connectivity index (χ4n) is 0.619. The molecule has 0 saturated carbocycles. The second-order valence-corrected chi connectivity index (χ2v) is 1.75. The van der Waals surface area contributed by atoms with E-state index < -0.39 is 4.92 Å². The van der Waals surface area contributed by atoms with Gasteiger partial charge in [-0.1, -0.05) is 12.1 Å². The molecule has 0 bridgehead atoms. The van der Waals surface area contributed by atoms with E-state index in [4.69, 9.17) is 5.11 Å². The first-order valence-corrected chi connectivity index (χ1v) is 2.64. The molecule has 0 aliphatic heterocycles. The second kappa shape index (κ2) is 4.27. The average molecular weight is 346 g/mol. The van der Waals surface area contributed by atoms with Gasteiger partial charge in [-0.3, -0.25) is 10.1 Å². The van der Waals surface area contributed by atoms with Gasteiger partial charge in [0.1, 0.15) is 0 Å². The molecular weight excluding hydrogens is 341 g/mol. The van der Waals surface area contributed by atoms with Crippen LogP contribution in [0.25, 0.3) is 0 Å². The average Bonchev–Trinajstić information content (AvgIpc) is 1.88. The Morgan fingerprint density at radius 3 is 2.27 bits per heavy atom. The monoisotopic (exact) mass is 347 g/mol. The van der Waals surface area contributed by atoms with Crippen molar-refractivity contribution in [1.82, 2.24) is 0 Å². The van der Waals surface area contributed by atoms with Crippen molar-refractivity contribution in [2.75, 3.05) is 0 Å². The number of hydrogen-bond donors (Lipinski definition) is 1. The van der Waals surface area contributed by atoms with Gasteiger partial charge in [0.05, 0.1) is 4.92 Å². The largest absolute Gasteiger partial charge is 4.00 e. The molecule has 0 spiro atoms. The Kier molecular flexibility index (Phi) is 4.01. The maximum Gasteiger partial charge on any atom is 4.00 e. The van der Waals surface area contributed by atoms with E-state index in [0.29, 0.717) is 0 Å². The number of benzene rings is 1. The van der Waals surface area contributed by atoms with Gasteiger partial charge in [-0.2, -0.15) is 0 Å². The van der Waals surface area contributed by atoms with Crippen LogP contribution in [0.2, 0.25) is 0 Å². The van der Waals surface area contributed by atoms with Gasteiger partial charge in [0, 0.05) is 6.07 Å². The van der Waals surface area contributed by atoms with Crippen molar-refractivity contribution < 1.29 is 10.0 Å². The summed E-state index contributed by atoms with van der Waals surface area (Å²) in [6.07, 6.45) is 0. The minimum Gasteiger partial charge on any atom is -0.502 e. The summed E-state index contributed by atoms with van der Waals surface area (Å²) in [6.45, 7) is 0. The summed E-state index contributed by atoms with van der Waals surface area (Å²) in [5, 5.41) is 18.9. The van der Waals surface area contributed by atoms with Crippen molar-refractivity contribution >= 4 is 33.0 Å². The van der Waals surface area contributed by atoms with Crippen molar-refractivity contribution in [3.8, 4) is 5.75 Å². The number of hydrogen-bond acceptors (Lipinski definition) is 3. The molecule has 5 heteroatoms. The number of phenols is 1. The van der Waals surface area contributed by atoms with Gasteiger partial charge in [-0.15, -0.1) is 0 Å². The summed E-state index contributed by atoms with van der Waals surface area (Å²) in [4.78, 5) is 9.44. The van der Waals surface area contributed by atoms with E-state index in [-0.39, 0.29) is 38.7 Å². The first kappa shape index (κ1) is 10.3.